The molecule has 0 heterocycles. The molecular weight excluding hydrogens is 728 g/mol. The van der Waals surface area contributed by atoms with Crippen LogP contribution in [0, 0.1) is 13.8 Å². The second-order valence-electron chi connectivity index (χ2n) is 13.4. The lowest BCUT2D eigenvalue weighted by atomic mass is 9.80. The third-order valence-corrected chi connectivity index (χ3v) is 9.84. The minimum atomic E-state index is -0.792. The van der Waals surface area contributed by atoms with E-state index < -0.39 is 63.3 Å². The molecule has 0 atom stereocenters. The quantitative estimate of drug-likeness (QED) is 0.134. The lowest BCUT2D eigenvalue weighted by Crippen LogP contribution is -2.29. The van der Waals surface area contributed by atoms with Gasteiger partial charge in [0.1, 0.15) is 69.0 Å². The van der Waals surface area contributed by atoms with Crippen LogP contribution in [0.15, 0.2) is 35.8 Å². The Labute approximate surface area is 318 Å². The van der Waals surface area contributed by atoms with Gasteiger partial charge in [0, 0.05) is 28.8 Å². The van der Waals surface area contributed by atoms with E-state index in [0.29, 0.717) is 40.8 Å². The van der Waals surface area contributed by atoms with Crippen LogP contribution in [0.5, 0.6) is 57.5 Å². The number of carbonyl (C=O) groups is 2. The van der Waals surface area contributed by atoms with E-state index in [1.807, 2.05) is 13.8 Å². The van der Waals surface area contributed by atoms with Crippen molar-refractivity contribution in [1.29, 1.82) is 0 Å². The van der Waals surface area contributed by atoms with Gasteiger partial charge in [0.25, 0.3) is 0 Å². The highest BCUT2D eigenvalue weighted by atomic mass is 16.3. The molecule has 4 aromatic carbocycles. The maximum absolute atomic E-state index is 12.9. The number of hydrogen-bond donors (Lipinski definition) is 12. The lowest BCUT2D eigenvalue weighted by molar-refractivity contribution is -0.110. The maximum Gasteiger partial charge on any atom is 0.202 e. The van der Waals surface area contributed by atoms with Crippen LogP contribution in [0.4, 0.5) is 0 Å². The molecule has 0 spiro atoms. The molecule has 2 aliphatic carbocycles. The normalized spacial score (nSPS) is 15.7. The molecule has 0 unspecified atom stereocenters. The summed E-state index contributed by atoms with van der Waals surface area (Å²) < 4.78 is 0. The van der Waals surface area contributed by atoms with E-state index in [-0.39, 0.29) is 78.7 Å². The summed E-state index contributed by atoms with van der Waals surface area (Å²) in [5, 5.41) is 123. The van der Waals surface area contributed by atoms with Gasteiger partial charge in [-0.1, -0.05) is 39.8 Å². The maximum atomic E-state index is 12.9. The average Bonchev–Trinajstić information content (AvgIpc) is 3.13. The molecule has 0 saturated carbocycles. The van der Waals surface area contributed by atoms with Crippen LogP contribution in [0.1, 0.15) is 60.1 Å². The molecular formula is C42H40O14. The van der Waals surface area contributed by atoms with Crippen LogP contribution in [0.2, 0.25) is 0 Å². The number of rotatable bonds is 6. The SMILES string of the molecule is C=c1cc(O)/c(=C2/C(=O)C(c3c(O)cc(O)c(C)c3O)=C2O)c(O)c1C.C=c1cc(O)/c(=C2/C(=O)C(c3c(O)cc(O)c(CCC)c3O)=C2O)c(O)c1CCC. The highest BCUT2D eigenvalue weighted by Crippen LogP contribution is 2.49. The number of phenols is 10. The molecule has 14 nitrogen and oxygen atoms in total. The molecule has 0 bridgehead atoms. The second kappa shape index (κ2) is 14.5. The Kier molecular flexibility index (Phi) is 10.4. The van der Waals surface area contributed by atoms with Gasteiger partial charge < -0.3 is 61.3 Å². The van der Waals surface area contributed by atoms with Crippen molar-refractivity contribution in [2.45, 2.75) is 53.4 Å². The van der Waals surface area contributed by atoms with Crippen LogP contribution < -0.4 is 20.9 Å². The Balaban J connectivity index is 0.000000216. The monoisotopic (exact) mass is 768 g/mol. The van der Waals surface area contributed by atoms with Crippen LogP contribution in [0.3, 0.4) is 0 Å². The summed E-state index contributed by atoms with van der Waals surface area (Å²) in [6, 6.07) is 4.49. The fourth-order valence-corrected chi connectivity index (χ4v) is 6.72. The van der Waals surface area contributed by atoms with Gasteiger partial charge in [0.2, 0.25) is 11.6 Å². The number of aliphatic hydroxyl groups excluding tert-OH is 2. The average molecular weight is 769 g/mol. The molecule has 0 amide bonds. The van der Waals surface area contributed by atoms with Crippen molar-refractivity contribution in [2.75, 3.05) is 0 Å². The van der Waals surface area contributed by atoms with Crippen LogP contribution in [-0.2, 0) is 22.4 Å². The molecule has 2 aliphatic rings. The summed E-state index contributed by atoms with van der Waals surface area (Å²) >= 11 is 0. The number of phenolic OH excluding ortho intramolecular Hbond substituents is 10. The zero-order valence-electron chi connectivity index (χ0n) is 30.7. The highest BCUT2D eigenvalue weighted by Gasteiger charge is 2.41. The number of Topliss-reactive ketones (excluding diaryl/α,β-unsaturated/α-hetero) is 2. The van der Waals surface area contributed by atoms with Crippen molar-refractivity contribution in [2.24, 2.45) is 0 Å². The Bertz CT molecular complexity index is 2720. The second-order valence-corrected chi connectivity index (χ2v) is 13.4. The zero-order chi connectivity index (χ0) is 41.8. The molecule has 292 valence electrons. The number of carbonyl (C=O) groups excluding carboxylic acids is 2. The first-order chi connectivity index (χ1) is 26.2. The summed E-state index contributed by atoms with van der Waals surface area (Å²) in [7, 11) is 0. The van der Waals surface area contributed by atoms with E-state index in [1.54, 1.807) is 0 Å². The van der Waals surface area contributed by atoms with Gasteiger partial charge in [0.15, 0.2) is 0 Å². The number of ketones is 2. The van der Waals surface area contributed by atoms with Crippen LogP contribution in [-0.4, -0.2) is 72.8 Å². The summed E-state index contributed by atoms with van der Waals surface area (Å²) in [4.78, 5) is 25.5. The molecule has 0 aliphatic heterocycles. The largest absolute Gasteiger partial charge is 0.507 e. The summed E-state index contributed by atoms with van der Waals surface area (Å²) in [5.74, 6) is -7.29. The fraction of sp³-hybridized carbons (Fsp3) is 0.190. The smallest absolute Gasteiger partial charge is 0.202 e. The first kappa shape index (κ1) is 40.0. The first-order valence-electron chi connectivity index (χ1n) is 17.2. The van der Waals surface area contributed by atoms with E-state index in [4.69, 9.17) is 0 Å². The van der Waals surface area contributed by atoms with Gasteiger partial charge in [-0.15, -0.1) is 0 Å². The Morgan fingerprint density at radius 2 is 0.875 bits per heavy atom. The van der Waals surface area contributed by atoms with E-state index in [9.17, 15) is 70.9 Å². The van der Waals surface area contributed by atoms with Crippen molar-refractivity contribution in [3.8, 4) is 57.5 Å². The van der Waals surface area contributed by atoms with Gasteiger partial charge in [0.05, 0.1) is 43.9 Å². The third-order valence-electron chi connectivity index (χ3n) is 9.84. The topological polar surface area (TPSA) is 277 Å². The molecule has 56 heavy (non-hydrogen) atoms. The van der Waals surface area contributed by atoms with Gasteiger partial charge in [-0.2, -0.15) is 0 Å². The Hall–Kier alpha value is -7.22. The number of aromatic hydroxyl groups is 10. The molecule has 6 rings (SSSR count). The third kappa shape index (κ3) is 6.10. The van der Waals surface area contributed by atoms with Gasteiger partial charge in [-0.05, 0) is 54.8 Å². The van der Waals surface area contributed by atoms with Gasteiger partial charge in [-0.3, -0.25) is 9.59 Å². The van der Waals surface area contributed by atoms with E-state index in [0.717, 1.165) is 12.1 Å². The molecule has 0 radical (unpaired) electrons. The standard InChI is InChI=1S/C23H24O7.C19H16O7/c1-4-6-11-10(3)8-14(25)16(20(11)27)18-22(29)19(23(18)30)17-15(26)9-13(24)12(7-5-2)21(17)28;1-6-4-10(21)12(16(23)7(6)2)14-18(25)15(19(14)26)13-11(22)5-9(20)8(3)17(13)24/h8-9,24-29H,3-7H2,1-2H3;4-5,20-25H,1H2,2-3H3/b18-16-;14-12-. The number of allylic oxidation sites excluding steroid dienone is 4. The number of benzene rings is 4. The predicted octanol–water partition coefficient (Wildman–Crippen LogP) is 3.18. The van der Waals surface area contributed by atoms with Crippen LogP contribution in [0.25, 0.3) is 35.5 Å². The fourth-order valence-electron chi connectivity index (χ4n) is 6.72. The molecule has 4 aromatic rings. The van der Waals surface area contributed by atoms with Gasteiger partial charge in [-0.25, -0.2) is 0 Å². The Morgan fingerprint density at radius 1 is 0.446 bits per heavy atom. The molecule has 0 saturated heterocycles. The summed E-state index contributed by atoms with van der Waals surface area (Å²) in [5.41, 5.74) is -1.10. The van der Waals surface area contributed by atoms with Crippen molar-refractivity contribution < 1.29 is 70.9 Å². The van der Waals surface area contributed by atoms with E-state index >= 15 is 0 Å². The zero-order valence-corrected chi connectivity index (χ0v) is 30.7. The van der Waals surface area contributed by atoms with Crippen molar-refractivity contribution >= 4 is 47.0 Å². The van der Waals surface area contributed by atoms with E-state index in [2.05, 4.69) is 13.2 Å². The number of hydrogen-bond acceptors (Lipinski definition) is 14. The molecule has 14 heteroatoms. The lowest BCUT2D eigenvalue weighted by Gasteiger charge is -2.24. The van der Waals surface area contributed by atoms with Crippen molar-refractivity contribution in [1.82, 2.24) is 0 Å². The Morgan fingerprint density at radius 3 is 1.36 bits per heavy atom. The van der Waals surface area contributed by atoms with E-state index in [1.165, 1.54) is 26.0 Å². The minimum Gasteiger partial charge on any atom is -0.507 e. The van der Waals surface area contributed by atoms with Crippen molar-refractivity contribution in [3.63, 3.8) is 0 Å². The highest BCUT2D eigenvalue weighted by molar-refractivity contribution is 6.53. The molecule has 0 fully saturated rings. The minimum absolute atomic E-state index is 0.0160. The first-order valence-corrected chi connectivity index (χ1v) is 17.2. The van der Waals surface area contributed by atoms with Gasteiger partial charge >= 0.3 is 0 Å². The summed E-state index contributed by atoms with van der Waals surface area (Å²) in [6.45, 7) is 14.1. The summed E-state index contributed by atoms with van der Waals surface area (Å²) in [6.07, 6.45) is 2.01. The van der Waals surface area contributed by atoms with Crippen LogP contribution >= 0.6 is 0 Å². The molecule has 0 aromatic heterocycles. The van der Waals surface area contributed by atoms with Crippen molar-refractivity contribution in [3.05, 3.63) is 90.0 Å². The predicted molar refractivity (Wildman–Crippen MR) is 205 cm³/mol. The number of aliphatic hydroxyl groups is 2. The molecule has 12 N–H and O–H groups in total.